The molecule has 1 aromatic carbocycles. The van der Waals surface area contributed by atoms with Crippen molar-refractivity contribution in [3.63, 3.8) is 0 Å². The Morgan fingerprint density at radius 2 is 2.00 bits per heavy atom. The Balaban J connectivity index is 2.06. The molecule has 0 fully saturated rings. The summed E-state index contributed by atoms with van der Waals surface area (Å²) in [5.74, 6) is 0.981. The zero-order valence-electron chi connectivity index (χ0n) is 15.9. The maximum absolute atomic E-state index is 13.0. The van der Waals surface area contributed by atoms with Crippen LogP contribution in [-0.4, -0.2) is 25.2 Å². The molecule has 142 valence electrons. The molecular weight excluding hydrogens is 366 g/mol. The van der Waals surface area contributed by atoms with Gasteiger partial charge in [-0.25, -0.2) is 4.79 Å². The minimum atomic E-state index is -0.344. The van der Waals surface area contributed by atoms with E-state index in [-0.39, 0.29) is 11.2 Å². The molecule has 1 atom stereocenters. The van der Waals surface area contributed by atoms with E-state index in [1.54, 1.807) is 14.0 Å². The Labute approximate surface area is 161 Å². The Bertz CT molecular complexity index is 1170. The molecule has 0 saturated carbocycles. The number of fused-ring (bicyclic) bond motifs is 3. The summed E-state index contributed by atoms with van der Waals surface area (Å²) in [5.41, 5.74) is 2.31. The zero-order valence-corrected chi connectivity index (χ0v) is 16.6. The van der Waals surface area contributed by atoms with Gasteiger partial charge in [0.05, 0.1) is 0 Å². The van der Waals surface area contributed by atoms with Crippen LogP contribution in [0.25, 0.3) is 11.2 Å². The number of halogens is 1. The summed E-state index contributed by atoms with van der Waals surface area (Å²) in [6, 6.07) is 5.76. The summed E-state index contributed by atoms with van der Waals surface area (Å²) in [7, 11) is 1.66. The van der Waals surface area contributed by atoms with E-state index in [9.17, 15) is 9.59 Å². The molecule has 0 amide bonds. The highest BCUT2D eigenvalue weighted by molar-refractivity contribution is 6.30. The van der Waals surface area contributed by atoms with Gasteiger partial charge >= 0.3 is 5.69 Å². The molecule has 0 bridgehead atoms. The summed E-state index contributed by atoms with van der Waals surface area (Å²) in [6.45, 7) is 7.74. The number of anilines is 2. The average molecular weight is 388 g/mol. The number of hydrogen-bond donors (Lipinski definition) is 0. The average Bonchev–Trinajstić information content (AvgIpc) is 3.01. The smallest absolute Gasteiger partial charge is 0.311 e. The molecule has 0 saturated heterocycles. The summed E-state index contributed by atoms with van der Waals surface area (Å²) in [6.07, 6.45) is 0. The standard InChI is InChI=1S/C19H22ClN5O2/c1-5-23-17(26)15-16(22(4)19(23)27)21-18-24(9-11(2)10-25(15)18)14-8-13(20)7-6-12(14)3/h6-8,11H,5,9-10H2,1-4H3. The highest BCUT2D eigenvalue weighted by atomic mass is 35.5. The van der Waals surface area contributed by atoms with Crippen LogP contribution in [0.1, 0.15) is 19.4 Å². The third kappa shape index (κ3) is 2.60. The van der Waals surface area contributed by atoms with Gasteiger partial charge in [0.15, 0.2) is 11.2 Å². The molecule has 2 aromatic heterocycles. The Morgan fingerprint density at radius 1 is 1.26 bits per heavy atom. The van der Waals surface area contributed by atoms with Crippen LogP contribution in [0.5, 0.6) is 0 Å². The lowest BCUT2D eigenvalue weighted by Gasteiger charge is -2.33. The van der Waals surface area contributed by atoms with Gasteiger partial charge in [-0.2, -0.15) is 4.98 Å². The van der Waals surface area contributed by atoms with E-state index in [2.05, 4.69) is 11.8 Å². The van der Waals surface area contributed by atoms with E-state index in [0.717, 1.165) is 17.8 Å². The molecule has 0 N–H and O–H groups in total. The lowest BCUT2D eigenvalue weighted by molar-refractivity contribution is 0.457. The quantitative estimate of drug-likeness (QED) is 0.678. The fourth-order valence-corrected chi connectivity index (χ4v) is 4.03. The van der Waals surface area contributed by atoms with E-state index >= 15 is 0 Å². The van der Waals surface area contributed by atoms with Crippen molar-refractivity contribution in [2.24, 2.45) is 13.0 Å². The van der Waals surface area contributed by atoms with Crippen molar-refractivity contribution in [1.82, 2.24) is 18.7 Å². The number of nitrogens with zero attached hydrogens (tertiary/aromatic N) is 5. The number of imidazole rings is 1. The molecule has 0 radical (unpaired) electrons. The van der Waals surface area contributed by atoms with Crippen LogP contribution >= 0.6 is 11.6 Å². The second-order valence-corrected chi connectivity index (χ2v) is 7.67. The van der Waals surface area contributed by atoms with Gasteiger partial charge in [-0.1, -0.05) is 24.6 Å². The lowest BCUT2D eigenvalue weighted by atomic mass is 10.1. The second kappa shape index (κ2) is 6.27. The third-order valence-corrected chi connectivity index (χ3v) is 5.46. The van der Waals surface area contributed by atoms with Gasteiger partial charge in [0.2, 0.25) is 5.95 Å². The first-order chi connectivity index (χ1) is 12.8. The summed E-state index contributed by atoms with van der Waals surface area (Å²) >= 11 is 6.24. The van der Waals surface area contributed by atoms with Crippen molar-refractivity contribution in [3.05, 3.63) is 49.6 Å². The first-order valence-electron chi connectivity index (χ1n) is 9.07. The van der Waals surface area contributed by atoms with E-state index in [4.69, 9.17) is 16.6 Å². The van der Waals surface area contributed by atoms with Gasteiger partial charge in [-0.15, -0.1) is 0 Å². The van der Waals surface area contributed by atoms with E-state index < -0.39 is 0 Å². The first-order valence-corrected chi connectivity index (χ1v) is 9.45. The van der Waals surface area contributed by atoms with Crippen LogP contribution in [0.15, 0.2) is 27.8 Å². The minimum absolute atomic E-state index is 0.286. The van der Waals surface area contributed by atoms with Gasteiger partial charge < -0.3 is 9.47 Å². The molecule has 0 spiro atoms. The van der Waals surface area contributed by atoms with Gasteiger partial charge in [0.25, 0.3) is 5.56 Å². The van der Waals surface area contributed by atoms with Gasteiger partial charge in [0.1, 0.15) is 0 Å². The maximum Gasteiger partial charge on any atom is 0.332 e. The van der Waals surface area contributed by atoms with Gasteiger partial charge in [-0.3, -0.25) is 13.9 Å². The predicted molar refractivity (Wildman–Crippen MR) is 107 cm³/mol. The van der Waals surface area contributed by atoms with E-state index in [1.807, 2.05) is 29.7 Å². The lowest BCUT2D eigenvalue weighted by Crippen LogP contribution is -2.40. The molecule has 27 heavy (non-hydrogen) atoms. The molecule has 1 aliphatic heterocycles. The second-order valence-electron chi connectivity index (χ2n) is 7.23. The summed E-state index contributed by atoms with van der Waals surface area (Å²) in [5, 5.41) is 0.650. The fraction of sp³-hybridized carbons (Fsp3) is 0.421. The SMILES string of the molecule is CCn1c(=O)c2c(nc3n2CC(C)CN3c2cc(Cl)ccc2C)n(C)c1=O. The molecule has 0 aliphatic carbocycles. The molecule has 4 rings (SSSR count). The monoisotopic (exact) mass is 387 g/mol. The summed E-state index contributed by atoms with van der Waals surface area (Å²) < 4.78 is 4.66. The van der Waals surface area contributed by atoms with Crippen molar-refractivity contribution in [2.45, 2.75) is 33.9 Å². The Morgan fingerprint density at radius 3 is 2.70 bits per heavy atom. The van der Waals surface area contributed by atoms with Crippen LogP contribution in [0.4, 0.5) is 11.6 Å². The van der Waals surface area contributed by atoms with Crippen molar-refractivity contribution >= 4 is 34.4 Å². The molecule has 7 nitrogen and oxygen atoms in total. The van der Waals surface area contributed by atoms with E-state index in [0.29, 0.717) is 41.1 Å². The predicted octanol–water partition coefficient (Wildman–Crippen LogP) is 2.67. The number of aryl methyl sites for hydroxylation is 2. The largest absolute Gasteiger partial charge is 0.332 e. The maximum atomic E-state index is 13.0. The van der Waals surface area contributed by atoms with Crippen molar-refractivity contribution in [1.29, 1.82) is 0 Å². The van der Waals surface area contributed by atoms with Crippen LogP contribution in [-0.2, 0) is 20.1 Å². The molecule has 3 heterocycles. The van der Waals surface area contributed by atoms with Crippen molar-refractivity contribution in [2.75, 3.05) is 11.4 Å². The zero-order chi connectivity index (χ0) is 19.5. The Kier molecular flexibility index (Phi) is 4.14. The van der Waals surface area contributed by atoms with Gasteiger partial charge in [-0.05, 0) is 37.5 Å². The third-order valence-electron chi connectivity index (χ3n) is 5.22. The van der Waals surface area contributed by atoms with Crippen LogP contribution in [0, 0.1) is 12.8 Å². The molecular formula is C19H22ClN5O2. The van der Waals surface area contributed by atoms with Gasteiger partial charge in [0, 0.05) is 37.4 Å². The van der Waals surface area contributed by atoms with Crippen LogP contribution in [0.3, 0.4) is 0 Å². The van der Waals surface area contributed by atoms with Crippen LogP contribution in [0.2, 0.25) is 5.02 Å². The minimum Gasteiger partial charge on any atom is -0.311 e. The molecule has 1 aliphatic rings. The molecule has 1 unspecified atom stereocenters. The van der Waals surface area contributed by atoms with E-state index in [1.165, 1.54) is 9.13 Å². The normalized spacial score (nSPS) is 16.8. The van der Waals surface area contributed by atoms with Crippen molar-refractivity contribution < 1.29 is 0 Å². The topological polar surface area (TPSA) is 65.1 Å². The fourth-order valence-electron chi connectivity index (χ4n) is 3.86. The molecule has 8 heteroatoms. The van der Waals surface area contributed by atoms with Crippen LogP contribution < -0.4 is 16.1 Å². The number of rotatable bonds is 2. The Hall–Kier alpha value is -2.54. The van der Waals surface area contributed by atoms with Crippen molar-refractivity contribution in [3.8, 4) is 0 Å². The highest BCUT2D eigenvalue weighted by Gasteiger charge is 2.30. The number of hydrogen-bond acceptors (Lipinski definition) is 4. The highest BCUT2D eigenvalue weighted by Crippen LogP contribution is 2.35. The molecule has 3 aromatic rings. The first kappa shape index (κ1) is 17.9. The number of aromatic nitrogens is 4. The summed E-state index contributed by atoms with van der Waals surface area (Å²) in [4.78, 5) is 32.3. The number of benzene rings is 1.